The van der Waals surface area contributed by atoms with Crippen LogP contribution in [0.1, 0.15) is 6.42 Å². The first kappa shape index (κ1) is 11.5. The van der Waals surface area contributed by atoms with Gasteiger partial charge in [-0.3, -0.25) is 0 Å². The Kier molecular flexibility index (Phi) is 4.69. The minimum absolute atomic E-state index is 0.244. The molecule has 1 rings (SSSR count). The van der Waals surface area contributed by atoms with Crippen LogP contribution in [0.3, 0.4) is 0 Å². The molecule has 0 spiro atoms. The van der Waals surface area contributed by atoms with Crippen LogP contribution in [-0.4, -0.2) is 39.8 Å². The molecular weight excluding hydrogens is 210 g/mol. The van der Waals surface area contributed by atoms with E-state index in [1.807, 2.05) is 0 Å². The van der Waals surface area contributed by atoms with Crippen molar-refractivity contribution in [3.63, 3.8) is 0 Å². The van der Waals surface area contributed by atoms with Crippen molar-refractivity contribution < 1.29 is 18.6 Å². The fourth-order valence-electron chi connectivity index (χ4n) is 1.29. The molecule has 2 radical (unpaired) electrons. The Hall–Kier alpha value is 0.395. The van der Waals surface area contributed by atoms with Gasteiger partial charge in [-0.15, -0.1) is 4.52 Å². The minimum atomic E-state index is -1.91. The zero-order chi connectivity index (χ0) is 9.84. The molecule has 0 aromatic heterocycles. The van der Waals surface area contributed by atoms with Gasteiger partial charge in [0.1, 0.15) is 32.3 Å². The van der Waals surface area contributed by atoms with Gasteiger partial charge in [-0.05, 0) is 11.0 Å². The normalized spacial score (nSPS) is 34.9. The monoisotopic (exact) mass is 221 g/mol. The van der Waals surface area contributed by atoms with E-state index in [9.17, 15) is 4.57 Å². The van der Waals surface area contributed by atoms with E-state index >= 15 is 0 Å². The Morgan fingerprint density at radius 1 is 1.77 bits per heavy atom. The summed E-state index contributed by atoms with van der Waals surface area (Å²) in [5.74, 6) is 0. The van der Waals surface area contributed by atoms with Crippen molar-refractivity contribution >= 4 is 27.3 Å². The van der Waals surface area contributed by atoms with E-state index in [1.165, 1.54) is 0 Å². The van der Waals surface area contributed by atoms with Gasteiger partial charge in [-0.25, -0.2) is 0 Å². The van der Waals surface area contributed by atoms with Crippen LogP contribution in [0.25, 0.3) is 0 Å². The van der Waals surface area contributed by atoms with Crippen molar-refractivity contribution in [1.29, 1.82) is 0 Å². The molecule has 0 aliphatic carbocycles. The van der Waals surface area contributed by atoms with Crippen LogP contribution in [0.15, 0.2) is 0 Å². The molecule has 1 aliphatic rings. The molecule has 1 saturated heterocycles. The van der Waals surface area contributed by atoms with Crippen LogP contribution in [0.4, 0.5) is 0 Å². The van der Waals surface area contributed by atoms with E-state index in [2.05, 4.69) is 12.2 Å². The zero-order valence-corrected chi connectivity index (χ0v) is 9.04. The molecule has 72 valence electrons. The fraction of sp³-hybridized carbons (Fsp3) is 1.00. The summed E-state index contributed by atoms with van der Waals surface area (Å²) in [7, 11) is 5.19. The SMILES string of the molecule is [B][C@H]1CC(O[P+](=O)S)[C@@H](COC)O1. The lowest BCUT2D eigenvalue weighted by atomic mass is 9.96. The van der Waals surface area contributed by atoms with E-state index < -0.39 is 7.23 Å². The summed E-state index contributed by atoms with van der Waals surface area (Å²) in [4.78, 5) is 0. The molecule has 1 heterocycles. The summed E-state index contributed by atoms with van der Waals surface area (Å²) in [5.41, 5.74) is 0. The van der Waals surface area contributed by atoms with Gasteiger partial charge in [-0.1, -0.05) is 0 Å². The Bertz CT molecular complexity index is 193. The lowest BCUT2D eigenvalue weighted by Gasteiger charge is -2.12. The topological polar surface area (TPSA) is 44.8 Å². The molecule has 0 amide bonds. The third-order valence-electron chi connectivity index (χ3n) is 1.79. The summed E-state index contributed by atoms with van der Waals surface area (Å²) < 4.78 is 25.9. The van der Waals surface area contributed by atoms with Crippen molar-refractivity contribution in [2.24, 2.45) is 0 Å². The summed E-state index contributed by atoms with van der Waals surface area (Å²) in [6, 6.07) is -0.367. The maximum Gasteiger partial charge on any atom is 0.582 e. The molecule has 0 aromatic carbocycles. The third kappa shape index (κ3) is 3.56. The molecular formula is C6H11BO4PS+. The van der Waals surface area contributed by atoms with Crippen LogP contribution in [0, 0.1) is 0 Å². The smallest absolute Gasteiger partial charge is 0.382 e. The number of hydrogen-bond donors (Lipinski definition) is 1. The molecule has 7 heteroatoms. The third-order valence-corrected chi connectivity index (χ3v) is 2.52. The second kappa shape index (κ2) is 5.32. The van der Waals surface area contributed by atoms with Gasteiger partial charge in [0.2, 0.25) is 0 Å². The van der Waals surface area contributed by atoms with Crippen LogP contribution in [0.2, 0.25) is 0 Å². The molecule has 0 bridgehead atoms. The fourth-order valence-corrected chi connectivity index (χ4v) is 2.10. The Balaban J connectivity index is 2.45. The second-order valence-corrected chi connectivity index (χ2v) is 4.45. The van der Waals surface area contributed by atoms with Gasteiger partial charge < -0.3 is 9.47 Å². The summed E-state index contributed by atoms with van der Waals surface area (Å²) in [5, 5.41) is 0. The van der Waals surface area contributed by atoms with Crippen LogP contribution in [-0.2, 0) is 18.6 Å². The quantitative estimate of drug-likeness (QED) is 0.435. The van der Waals surface area contributed by atoms with Crippen molar-refractivity contribution in [3.05, 3.63) is 0 Å². The predicted octanol–water partition coefficient (Wildman–Crippen LogP) is 0.889. The standard InChI is InChI=1S/C6H10BO4PS/c1-9-3-5-4(11-12(8)13)2-6(7)10-5/h4-6H,2-3H2,1H3/p+1/t4?,5-,6-/m1/s1. The summed E-state index contributed by atoms with van der Waals surface area (Å²) in [6.45, 7) is 0.384. The number of hydrogen-bond acceptors (Lipinski definition) is 4. The van der Waals surface area contributed by atoms with Gasteiger partial charge >= 0.3 is 7.23 Å². The molecule has 1 fully saturated rings. The molecule has 0 aromatic rings. The van der Waals surface area contributed by atoms with Crippen molar-refractivity contribution in [2.45, 2.75) is 24.6 Å². The highest BCUT2D eigenvalue weighted by molar-refractivity contribution is 8.39. The predicted molar refractivity (Wildman–Crippen MR) is 52.4 cm³/mol. The first-order valence-electron chi connectivity index (χ1n) is 3.86. The maximum atomic E-state index is 10.7. The average Bonchev–Trinajstić information content (AvgIpc) is 2.31. The van der Waals surface area contributed by atoms with Gasteiger partial charge in [0, 0.05) is 13.1 Å². The highest BCUT2D eigenvalue weighted by Gasteiger charge is 2.38. The highest BCUT2D eigenvalue weighted by atomic mass is 32.7. The molecule has 13 heavy (non-hydrogen) atoms. The Morgan fingerprint density at radius 2 is 2.46 bits per heavy atom. The molecule has 4 nitrogen and oxygen atoms in total. The first-order valence-corrected chi connectivity index (χ1v) is 6.19. The largest absolute Gasteiger partial charge is 0.582 e. The number of ether oxygens (including phenoxy) is 2. The number of methoxy groups -OCH3 is 1. The van der Waals surface area contributed by atoms with E-state index in [0.717, 1.165) is 0 Å². The van der Waals surface area contributed by atoms with E-state index in [4.69, 9.17) is 21.8 Å². The molecule has 2 unspecified atom stereocenters. The second-order valence-electron chi connectivity index (χ2n) is 2.79. The van der Waals surface area contributed by atoms with E-state index in [1.54, 1.807) is 7.11 Å². The van der Waals surface area contributed by atoms with E-state index in [0.29, 0.717) is 13.0 Å². The summed E-state index contributed by atoms with van der Waals surface area (Å²) >= 11 is 3.66. The molecule has 0 N–H and O–H groups in total. The van der Waals surface area contributed by atoms with Crippen molar-refractivity contribution in [2.75, 3.05) is 13.7 Å². The highest BCUT2D eigenvalue weighted by Crippen LogP contribution is 2.35. The number of thiol groups is 1. The lowest BCUT2D eigenvalue weighted by molar-refractivity contribution is -0.00801. The van der Waals surface area contributed by atoms with Gasteiger partial charge in [0.25, 0.3) is 0 Å². The van der Waals surface area contributed by atoms with Crippen molar-refractivity contribution in [3.8, 4) is 0 Å². The average molecular weight is 221 g/mol. The van der Waals surface area contributed by atoms with Gasteiger partial charge in [-0.2, -0.15) is 0 Å². The van der Waals surface area contributed by atoms with Crippen LogP contribution in [0.5, 0.6) is 0 Å². The minimum Gasteiger partial charge on any atom is -0.382 e. The summed E-state index contributed by atoms with van der Waals surface area (Å²) in [6.07, 6.45) is -0.00230. The Morgan fingerprint density at radius 3 is 3.00 bits per heavy atom. The lowest BCUT2D eigenvalue weighted by Crippen LogP contribution is -2.26. The maximum absolute atomic E-state index is 10.7. The van der Waals surface area contributed by atoms with Gasteiger partial charge in [0.15, 0.2) is 0 Å². The first-order chi connectivity index (χ1) is 6.13. The molecule has 0 saturated carbocycles. The zero-order valence-electron chi connectivity index (χ0n) is 7.25. The van der Waals surface area contributed by atoms with Crippen LogP contribution < -0.4 is 0 Å². The van der Waals surface area contributed by atoms with E-state index in [-0.39, 0.29) is 18.2 Å². The van der Waals surface area contributed by atoms with Gasteiger partial charge in [0.05, 0.1) is 6.61 Å². The molecule has 1 aliphatic heterocycles. The van der Waals surface area contributed by atoms with Crippen molar-refractivity contribution in [1.82, 2.24) is 0 Å². The molecule has 4 atom stereocenters. The number of rotatable bonds is 4. The Labute approximate surface area is 84.7 Å². The van der Waals surface area contributed by atoms with Crippen LogP contribution >= 0.6 is 19.5 Å².